The maximum absolute atomic E-state index is 12.6. The van der Waals surface area contributed by atoms with E-state index in [4.69, 9.17) is 8.92 Å². The molecule has 0 saturated heterocycles. The van der Waals surface area contributed by atoms with Crippen molar-refractivity contribution in [3.8, 4) is 11.5 Å². The Bertz CT molecular complexity index is 1270. The largest absolute Gasteiger partial charge is 0.493 e. The number of ether oxygens (including phenoxy) is 1. The lowest BCUT2D eigenvalue weighted by atomic mass is 10.2. The third kappa shape index (κ3) is 6.32. The number of aryl methyl sites for hydroxylation is 1. The van der Waals surface area contributed by atoms with Gasteiger partial charge in [-0.3, -0.25) is 14.9 Å². The molecule has 3 aromatic carbocycles. The van der Waals surface area contributed by atoms with E-state index in [1.165, 1.54) is 42.5 Å². The number of benzene rings is 3. The van der Waals surface area contributed by atoms with Gasteiger partial charge in [0, 0.05) is 31.3 Å². The highest BCUT2D eigenvalue weighted by atomic mass is 32.2. The molecule has 10 heteroatoms. The molecule has 0 bridgehead atoms. The number of rotatable bonds is 10. The number of carbonyl (C=O) groups is 1. The second-order valence-electron chi connectivity index (χ2n) is 7.51. The number of para-hydroxylation sites is 1. The summed E-state index contributed by atoms with van der Waals surface area (Å²) in [5, 5.41) is 10.9. The summed E-state index contributed by atoms with van der Waals surface area (Å²) >= 11 is 0. The summed E-state index contributed by atoms with van der Waals surface area (Å²) in [6.07, 6.45) is 0.638. The summed E-state index contributed by atoms with van der Waals surface area (Å²) in [5.41, 5.74) is 1.04. The van der Waals surface area contributed by atoms with E-state index in [2.05, 4.69) is 0 Å². The Kier molecular flexibility index (Phi) is 7.85. The van der Waals surface area contributed by atoms with Gasteiger partial charge in [0.05, 0.1) is 11.5 Å². The smallest absolute Gasteiger partial charge is 0.339 e. The second-order valence-corrected chi connectivity index (χ2v) is 9.06. The summed E-state index contributed by atoms with van der Waals surface area (Å²) in [6, 6.07) is 17.9. The SMILES string of the molecule is Cc1ccccc1OCCCN(C)C(=O)c1ccc(OS(=O)(=O)c2cccc([N+](=O)[O-])c2)cc1. The van der Waals surface area contributed by atoms with Gasteiger partial charge in [0.2, 0.25) is 0 Å². The lowest BCUT2D eigenvalue weighted by molar-refractivity contribution is -0.385. The topological polar surface area (TPSA) is 116 Å². The van der Waals surface area contributed by atoms with Crippen LogP contribution in [0.15, 0.2) is 77.7 Å². The molecule has 0 N–H and O–H groups in total. The van der Waals surface area contributed by atoms with Crippen LogP contribution in [0.1, 0.15) is 22.3 Å². The maximum atomic E-state index is 12.6. The van der Waals surface area contributed by atoms with Crippen molar-refractivity contribution in [2.75, 3.05) is 20.2 Å². The highest BCUT2D eigenvalue weighted by molar-refractivity contribution is 7.87. The first kappa shape index (κ1) is 24.7. The van der Waals surface area contributed by atoms with Gasteiger partial charge in [-0.1, -0.05) is 24.3 Å². The van der Waals surface area contributed by atoms with Crippen molar-refractivity contribution >= 4 is 21.7 Å². The molecule has 0 atom stereocenters. The molecule has 0 aliphatic heterocycles. The fourth-order valence-corrected chi connectivity index (χ4v) is 4.08. The van der Waals surface area contributed by atoms with Gasteiger partial charge < -0.3 is 13.8 Å². The number of non-ortho nitro benzene ring substituents is 1. The van der Waals surface area contributed by atoms with Crippen molar-refractivity contribution in [3.05, 3.63) is 94.0 Å². The first-order valence-corrected chi connectivity index (χ1v) is 11.8. The van der Waals surface area contributed by atoms with Crippen LogP contribution in [-0.2, 0) is 10.1 Å². The molecule has 9 nitrogen and oxygen atoms in total. The summed E-state index contributed by atoms with van der Waals surface area (Å²) in [7, 11) is -2.60. The molecule has 0 unspecified atom stereocenters. The van der Waals surface area contributed by atoms with Crippen LogP contribution in [0.4, 0.5) is 5.69 Å². The Balaban J connectivity index is 1.55. The molecule has 0 fully saturated rings. The third-order valence-electron chi connectivity index (χ3n) is 4.96. The van der Waals surface area contributed by atoms with Crippen LogP contribution in [-0.4, -0.2) is 44.3 Å². The normalized spacial score (nSPS) is 11.0. The van der Waals surface area contributed by atoms with Crippen LogP contribution in [0.25, 0.3) is 0 Å². The van der Waals surface area contributed by atoms with E-state index in [0.717, 1.165) is 17.4 Å². The zero-order chi connectivity index (χ0) is 24.7. The average Bonchev–Trinajstić information content (AvgIpc) is 2.82. The number of nitro benzene ring substituents is 1. The summed E-state index contributed by atoms with van der Waals surface area (Å²) < 4.78 is 35.7. The van der Waals surface area contributed by atoms with E-state index in [1.54, 1.807) is 11.9 Å². The highest BCUT2D eigenvalue weighted by Crippen LogP contribution is 2.23. The average molecular weight is 485 g/mol. The predicted molar refractivity (Wildman–Crippen MR) is 126 cm³/mol. The summed E-state index contributed by atoms with van der Waals surface area (Å²) in [5.74, 6) is 0.563. The molecule has 3 aromatic rings. The summed E-state index contributed by atoms with van der Waals surface area (Å²) in [4.78, 5) is 24.1. The van der Waals surface area contributed by atoms with E-state index in [1.807, 2.05) is 31.2 Å². The van der Waals surface area contributed by atoms with E-state index in [-0.39, 0.29) is 22.2 Å². The molecule has 1 amide bonds. The standard InChI is InChI=1S/C24H24N2O7S/c1-18-7-3-4-10-23(18)32-16-6-15-25(2)24(27)19-11-13-21(14-12-19)33-34(30,31)22-9-5-8-20(17-22)26(28)29/h3-5,7-14,17H,6,15-16H2,1-2H3. The van der Waals surface area contributed by atoms with Crippen molar-refractivity contribution in [1.82, 2.24) is 4.90 Å². The van der Waals surface area contributed by atoms with Crippen LogP contribution < -0.4 is 8.92 Å². The van der Waals surface area contributed by atoms with Crippen molar-refractivity contribution in [3.63, 3.8) is 0 Å². The van der Waals surface area contributed by atoms with Gasteiger partial charge in [-0.25, -0.2) is 0 Å². The molecule has 0 spiro atoms. The first-order chi connectivity index (χ1) is 16.2. The minimum atomic E-state index is -4.27. The molecule has 0 heterocycles. The molecular formula is C24H24N2O7S. The predicted octanol–water partition coefficient (Wildman–Crippen LogP) is 4.21. The third-order valence-corrected chi connectivity index (χ3v) is 6.20. The molecule has 0 saturated carbocycles. The number of nitro groups is 1. The van der Waals surface area contributed by atoms with Gasteiger partial charge >= 0.3 is 10.1 Å². The van der Waals surface area contributed by atoms with Gasteiger partial charge in [-0.15, -0.1) is 0 Å². The fourth-order valence-electron chi connectivity index (χ4n) is 3.10. The first-order valence-electron chi connectivity index (χ1n) is 10.4. The molecule has 0 aliphatic carbocycles. The fraction of sp³-hybridized carbons (Fsp3) is 0.208. The quantitative estimate of drug-likeness (QED) is 0.183. The Hall–Kier alpha value is -3.92. The zero-order valence-corrected chi connectivity index (χ0v) is 19.5. The van der Waals surface area contributed by atoms with E-state index in [0.29, 0.717) is 25.1 Å². The van der Waals surface area contributed by atoms with Gasteiger partial charge in [-0.2, -0.15) is 8.42 Å². The number of amides is 1. The van der Waals surface area contributed by atoms with E-state index in [9.17, 15) is 23.3 Å². The lowest BCUT2D eigenvalue weighted by Crippen LogP contribution is -2.28. The van der Waals surface area contributed by atoms with Crippen molar-refractivity contribution < 1.29 is 27.1 Å². The number of hydrogen-bond donors (Lipinski definition) is 0. The maximum Gasteiger partial charge on any atom is 0.339 e. The number of nitrogens with zero attached hydrogens (tertiary/aromatic N) is 2. The van der Waals surface area contributed by atoms with Crippen molar-refractivity contribution in [2.24, 2.45) is 0 Å². The molecule has 0 radical (unpaired) electrons. The van der Waals surface area contributed by atoms with Crippen LogP contribution in [0.2, 0.25) is 0 Å². The second kappa shape index (κ2) is 10.8. The van der Waals surface area contributed by atoms with Crippen LogP contribution >= 0.6 is 0 Å². The van der Waals surface area contributed by atoms with Crippen LogP contribution in [0.3, 0.4) is 0 Å². The molecule has 34 heavy (non-hydrogen) atoms. The van der Waals surface area contributed by atoms with E-state index >= 15 is 0 Å². The van der Waals surface area contributed by atoms with Crippen LogP contribution in [0.5, 0.6) is 11.5 Å². The van der Waals surface area contributed by atoms with Gasteiger partial charge in [0.25, 0.3) is 11.6 Å². The zero-order valence-electron chi connectivity index (χ0n) is 18.7. The number of carbonyl (C=O) groups excluding carboxylic acids is 1. The molecule has 0 aromatic heterocycles. The van der Waals surface area contributed by atoms with Gasteiger partial charge in [0.1, 0.15) is 16.4 Å². The minimum Gasteiger partial charge on any atom is -0.493 e. The monoisotopic (exact) mass is 484 g/mol. The Morgan fingerprint density at radius 3 is 2.41 bits per heavy atom. The Labute approximate surface area is 197 Å². The van der Waals surface area contributed by atoms with Gasteiger partial charge in [0.15, 0.2) is 0 Å². The Morgan fingerprint density at radius 1 is 1.03 bits per heavy atom. The molecular weight excluding hydrogens is 460 g/mol. The van der Waals surface area contributed by atoms with E-state index < -0.39 is 15.0 Å². The van der Waals surface area contributed by atoms with Gasteiger partial charge in [-0.05, 0) is 55.3 Å². The van der Waals surface area contributed by atoms with Crippen LogP contribution in [0, 0.1) is 17.0 Å². The molecule has 3 rings (SSSR count). The molecule has 0 aliphatic rings. The lowest BCUT2D eigenvalue weighted by Gasteiger charge is -2.18. The minimum absolute atomic E-state index is 0.0164. The molecule has 178 valence electrons. The Morgan fingerprint density at radius 2 is 1.74 bits per heavy atom. The van der Waals surface area contributed by atoms with Crippen molar-refractivity contribution in [1.29, 1.82) is 0 Å². The number of hydrogen-bond acceptors (Lipinski definition) is 7. The summed E-state index contributed by atoms with van der Waals surface area (Å²) in [6.45, 7) is 2.90. The van der Waals surface area contributed by atoms with Crippen molar-refractivity contribution in [2.45, 2.75) is 18.2 Å². The highest BCUT2D eigenvalue weighted by Gasteiger charge is 2.20.